The van der Waals surface area contributed by atoms with Gasteiger partial charge in [-0.15, -0.1) is 0 Å². The average molecular weight is 344 g/mol. The van der Waals surface area contributed by atoms with E-state index in [1.165, 1.54) is 18.5 Å². The lowest BCUT2D eigenvalue weighted by Crippen LogP contribution is -2.08. The molecule has 2 N–H and O–H groups in total. The van der Waals surface area contributed by atoms with Gasteiger partial charge in [-0.25, -0.2) is 23.1 Å². The van der Waals surface area contributed by atoms with Gasteiger partial charge in [0.15, 0.2) is 0 Å². The average Bonchev–Trinajstić information content (AvgIpc) is 2.60. The molecular formula is C18H15F3N4. The van der Waals surface area contributed by atoms with Gasteiger partial charge in [0.1, 0.15) is 35.4 Å². The monoisotopic (exact) mass is 344 g/mol. The third-order valence-corrected chi connectivity index (χ3v) is 3.52. The molecule has 1 heterocycles. The van der Waals surface area contributed by atoms with E-state index in [1.807, 2.05) is 0 Å². The second kappa shape index (κ2) is 7.65. The number of anilines is 3. The zero-order valence-corrected chi connectivity index (χ0v) is 13.1. The molecule has 0 atom stereocenters. The van der Waals surface area contributed by atoms with Crippen molar-refractivity contribution < 1.29 is 13.2 Å². The van der Waals surface area contributed by atoms with Gasteiger partial charge in [-0.2, -0.15) is 0 Å². The first kappa shape index (κ1) is 16.8. The van der Waals surface area contributed by atoms with Crippen molar-refractivity contribution in [2.45, 2.75) is 6.42 Å². The summed E-state index contributed by atoms with van der Waals surface area (Å²) in [6.45, 7) is 0.475. The Balaban J connectivity index is 1.62. The fraction of sp³-hybridized carbons (Fsp3) is 0.111. The van der Waals surface area contributed by atoms with Crippen LogP contribution in [0.3, 0.4) is 0 Å². The lowest BCUT2D eigenvalue weighted by atomic mass is 10.1. The fourth-order valence-corrected chi connectivity index (χ4v) is 2.28. The van der Waals surface area contributed by atoms with Crippen LogP contribution in [0.15, 0.2) is 54.9 Å². The topological polar surface area (TPSA) is 49.8 Å². The molecule has 0 aliphatic heterocycles. The van der Waals surface area contributed by atoms with Crippen LogP contribution in [0, 0.1) is 17.5 Å². The number of aromatic nitrogens is 2. The van der Waals surface area contributed by atoms with Gasteiger partial charge in [-0.3, -0.25) is 0 Å². The van der Waals surface area contributed by atoms with Gasteiger partial charge in [0, 0.05) is 18.7 Å². The van der Waals surface area contributed by atoms with Crippen molar-refractivity contribution in [1.82, 2.24) is 9.97 Å². The van der Waals surface area contributed by atoms with Crippen LogP contribution in [0.4, 0.5) is 30.5 Å². The van der Waals surface area contributed by atoms with Crippen LogP contribution in [-0.2, 0) is 6.42 Å². The van der Waals surface area contributed by atoms with E-state index in [2.05, 4.69) is 20.6 Å². The predicted molar refractivity (Wildman–Crippen MR) is 90.3 cm³/mol. The fourth-order valence-electron chi connectivity index (χ4n) is 2.28. The first-order valence-electron chi connectivity index (χ1n) is 7.63. The highest BCUT2D eigenvalue weighted by Gasteiger charge is 2.06. The van der Waals surface area contributed by atoms with Crippen molar-refractivity contribution in [1.29, 1.82) is 0 Å². The SMILES string of the molecule is Fc1ccc(Nc2cc(NCCc3ccccc3F)ncn2)c(F)c1. The van der Waals surface area contributed by atoms with Gasteiger partial charge >= 0.3 is 0 Å². The summed E-state index contributed by atoms with van der Waals surface area (Å²) in [5.41, 5.74) is 0.716. The molecule has 0 saturated heterocycles. The predicted octanol–water partition coefficient (Wildman–Crippen LogP) is 4.29. The molecule has 7 heteroatoms. The maximum absolute atomic E-state index is 13.7. The van der Waals surface area contributed by atoms with E-state index in [0.29, 0.717) is 30.2 Å². The van der Waals surface area contributed by atoms with Gasteiger partial charge in [-0.05, 0) is 30.2 Å². The number of rotatable bonds is 6. The maximum Gasteiger partial charge on any atom is 0.149 e. The van der Waals surface area contributed by atoms with Crippen molar-refractivity contribution in [3.63, 3.8) is 0 Å². The molecule has 25 heavy (non-hydrogen) atoms. The van der Waals surface area contributed by atoms with Crippen molar-refractivity contribution in [2.75, 3.05) is 17.2 Å². The summed E-state index contributed by atoms with van der Waals surface area (Å²) in [6.07, 6.45) is 1.81. The van der Waals surface area contributed by atoms with Crippen molar-refractivity contribution in [3.8, 4) is 0 Å². The first-order chi connectivity index (χ1) is 12.1. The van der Waals surface area contributed by atoms with E-state index in [9.17, 15) is 13.2 Å². The van der Waals surface area contributed by atoms with Crippen LogP contribution in [0.1, 0.15) is 5.56 Å². The quantitative estimate of drug-likeness (QED) is 0.700. The Bertz CT molecular complexity index is 870. The summed E-state index contributed by atoms with van der Waals surface area (Å²) < 4.78 is 40.2. The largest absolute Gasteiger partial charge is 0.370 e. The lowest BCUT2D eigenvalue weighted by Gasteiger charge is -2.09. The van der Waals surface area contributed by atoms with Crippen molar-refractivity contribution in [2.24, 2.45) is 0 Å². The smallest absolute Gasteiger partial charge is 0.149 e. The number of nitrogens with zero attached hydrogens (tertiary/aromatic N) is 2. The standard InChI is InChI=1S/C18H15F3N4/c19-13-5-6-16(15(21)9-13)25-18-10-17(23-11-24-18)22-8-7-12-3-1-2-4-14(12)20/h1-6,9-11H,7-8H2,(H2,22,23,24,25). The molecule has 0 aliphatic rings. The normalized spacial score (nSPS) is 10.5. The van der Waals surface area contributed by atoms with E-state index in [4.69, 9.17) is 0 Å². The van der Waals surface area contributed by atoms with E-state index in [-0.39, 0.29) is 11.5 Å². The van der Waals surface area contributed by atoms with Crippen LogP contribution in [-0.4, -0.2) is 16.5 Å². The minimum atomic E-state index is -0.715. The Hall–Kier alpha value is -3.09. The van der Waals surface area contributed by atoms with Crippen molar-refractivity contribution >= 4 is 17.3 Å². The molecular weight excluding hydrogens is 329 g/mol. The molecule has 2 aromatic carbocycles. The zero-order valence-electron chi connectivity index (χ0n) is 13.1. The minimum Gasteiger partial charge on any atom is -0.370 e. The van der Waals surface area contributed by atoms with Crippen LogP contribution in [0.2, 0.25) is 0 Å². The molecule has 0 radical (unpaired) electrons. The highest BCUT2D eigenvalue weighted by molar-refractivity contribution is 5.59. The van der Waals surface area contributed by atoms with Gasteiger partial charge in [-0.1, -0.05) is 18.2 Å². The number of hydrogen-bond acceptors (Lipinski definition) is 4. The highest BCUT2D eigenvalue weighted by Crippen LogP contribution is 2.20. The van der Waals surface area contributed by atoms with Crippen LogP contribution in [0.5, 0.6) is 0 Å². The summed E-state index contributed by atoms with van der Waals surface area (Å²) in [6, 6.07) is 11.4. The third kappa shape index (κ3) is 4.47. The zero-order chi connectivity index (χ0) is 17.6. The second-order valence-electron chi connectivity index (χ2n) is 5.31. The molecule has 0 amide bonds. The summed E-state index contributed by atoms with van der Waals surface area (Å²) in [7, 11) is 0. The van der Waals surface area contributed by atoms with E-state index in [0.717, 1.165) is 12.1 Å². The molecule has 4 nitrogen and oxygen atoms in total. The summed E-state index contributed by atoms with van der Waals surface area (Å²) in [5.74, 6) is -0.750. The van der Waals surface area contributed by atoms with Crippen LogP contribution < -0.4 is 10.6 Å². The van der Waals surface area contributed by atoms with E-state index in [1.54, 1.807) is 24.3 Å². The molecule has 128 valence electrons. The van der Waals surface area contributed by atoms with Crippen LogP contribution >= 0.6 is 0 Å². The van der Waals surface area contributed by atoms with Gasteiger partial charge < -0.3 is 10.6 Å². The van der Waals surface area contributed by atoms with Gasteiger partial charge in [0.2, 0.25) is 0 Å². The summed E-state index contributed by atoms with van der Waals surface area (Å²) in [4.78, 5) is 8.06. The first-order valence-corrected chi connectivity index (χ1v) is 7.63. The molecule has 0 fully saturated rings. The number of benzene rings is 2. The maximum atomic E-state index is 13.7. The molecule has 3 rings (SSSR count). The van der Waals surface area contributed by atoms with Crippen LogP contribution in [0.25, 0.3) is 0 Å². The molecule has 1 aromatic heterocycles. The Morgan fingerprint density at radius 3 is 2.44 bits per heavy atom. The third-order valence-electron chi connectivity index (χ3n) is 3.52. The highest BCUT2D eigenvalue weighted by atomic mass is 19.1. The molecule has 0 spiro atoms. The molecule has 3 aromatic rings. The summed E-state index contributed by atoms with van der Waals surface area (Å²) >= 11 is 0. The van der Waals surface area contributed by atoms with Gasteiger partial charge in [0.05, 0.1) is 5.69 Å². The Morgan fingerprint density at radius 1 is 0.840 bits per heavy atom. The molecule has 0 bridgehead atoms. The lowest BCUT2D eigenvalue weighted by molar-refractivity contribution is 0.586. The number of nitrogens with one attached hydrogen (secondary N) is 2. The minimum absolute atomic E-state index is 0.109. The molecule has 0 aliphatic carbocycles. The van der Waals surface area contributed by atoms with Crippen molar-refractivity contribution in [3.05, 3.63) is 77.9 Å². The molecule has 0 unspecified atom stereocenters. The summed E-state index contributed by atoms with van der Waals surface area (Å²) in [5, 5.41) is 5.82. The van der Waals surface area contributed by atoms with E-state index < -0.39 is 11.6 Å². The molecule has 0 saturated carbocycles. The van der Waals surface area contributed by atoms with Gasteiger partial charge in [0.25, 0.3) is 0 Å². The Labute approximate surface area is 142 Å². The Morgan fingerprint density at radius 2 is 1.64 bits per heavy atom. The number of halogens is 3. The second-order valence-corrected chi connectivity index (χ2v) is 5.31. The number of hydrogen-bond donors (Lipinski definition) is 2. The van der Waals surface area contributed by atoms with E-state index >= 15 is 0 Å². The Kier molecular flexibility index (Phi) is 5.13.